The molecule has 4 aromatic rings. The van der Waals surface area contributed by atoms with E-state index in [1.807, 2.05) is 24.3 Å². The SMILES string of the molecule is CCCCCC1CC(O)CCc2ccc(O)c(c2)OCc2cc(C(CC(=O)N3CCC34CCCCC4)c3ccccc3)cc3cn(cc23)C2=C(C=CC(N)N2)CO1. The van der Waals surface area contributed by atoms with Crippen LogP contribution in [-0.4, -0.2) is 62.7 Å². The Kier molecular flexibility index (Phi) is 12.1. The van der Waals surface area contributed by atoms with Gasteiger partial charge >= 0.3 is 0 Å². The highest BCUT2D eigenvalue weighted by atomic mass is 16.5. The molecule has 1 aromatic heterocycles. The predicted molar refractivity (Wildman–Crippen MR) is 226 cm³/mol. The minimum absolute atomic E-state index is 0.0395. The summed E-state index contributed by atoms with van der Waals surface area (Å²) in [6.45, 7) is 3.62. The zero-order valence-electron chi connectivity index (χ0n) is 33.5. The lowest BCUT2D eigenvalue weighted by atomic mass is 9.72. The van der Waals surface area contributed by atoms with Gasteiger partial charge < -0.3 is 40.2 Å². The number of nitrogens with two attached hydrogens (primary N) is 1. The molecule has 4 heterocycles. The van der Waals surface area contributed by atoms with Crippen molar-refractivity contribution in [3.8, 4) is 11.5 Å². The number of carbonyl (C=O) groups is 1. The maximum atomic E-state index is 14.3. The van der Waals surface area contributed by atoms with Gasteiger partial charge in [-0.15, -0.1) is 0 Å². The van der Waals surface area contributed by atoms with E-state index in [2.05, 4.69) is 76.6 Å². The number of unbranched alkanes of at least 4 members (excludes halogenated alkanes) is 2. The number of fused-ring (bicyclic) bond motifs is 4. The number of amides is 1. The minimum atomic E-state index is -0.531. The molecule has 4 atom stereocenters. The second kappa shape index (κ2) is 17.5. The number of benzene rings is 3. The van der Waals surface area contributed by atoms with E-state index in [1.54, 1.807) is 6.07 Å². The quantitative estimate of drug-likeness (QED) is 0.132. The number of hydrogen-bond acceptors (Lipinski definition) is 7. The largest absolute Gasteiger partial charge is 0.504 e. The molecule has 1 aliphatic carbocycles. The Labute approximate surface area is 337 Å². The number of aromatic hydroxyl groups is 1. The number of ether oxygens (including phenoxy) is 2. The van der Waals surface area contributed by atoms with Crippen LogP contribution in [0.15, 0.2) is 90.8 Å². The van der Waals surface area contributed by atoms with Crippen LogP contribution >= 0.6 is 0 Å². The van der Waals surface area contributed by atoms with Gasteiger partial charge in [0.1, 0.15) is 12.4 Å². The summed E-state index contributed by atoms with van der Waals surface area (Å²) in [5.41, 5.74) is 11.6. The van der Waals surface area contributed by atoms with Crippen molar-refractivity contribution >= 4 is 22.5 Å². The van der Waals surface area contributed by atoms with Gasteiger partial charge in [0.25, 0.3) is 0 Å². The highest BCUT2D eigenvalue weighted by Crippen LogP contribution is 2.45. The maximum Gasteiger partial charge on any atom is 0.223 e. The van der Waals surface area contributed by atoms with Crippen LogP contribution < -0.4 is 15.8 Å². The van der Waals surface area contributed by atoms with Crippen LogP contribution in [0.1, 0.15) is 119 Å². The monoisotopic (exact) mass is 772 g/mol. The van der Waals surface area contributed by atoms with Gasteiger partial charge in [0.2, 0.25) is 5.91 Å². The van der Waals surface area contributed by atoms with E-state index in [0.29, 0.717) is 38.0 Å². The van der Waals surface area contributed by atoms with E-state index in [1.165, 1.54) is 19.3 Å². The first-order valence-corrected chi connectivity index (χ1v) is 21.5. The van der Waals surface area contributed by atoms with Gasteiger partial charge in [-0.05, 0) is 91.5 Å². The van der Waals surface area contributed by atoms with E-state index < -0.39 is 6.10 Å². The number of nitrogens with zero attached hydrogens (tertiary/aromatic N) is 2. The first kappa shape index (κ1) is 39.3. The summed E-state index contributed by atoms with van der Waals surface area (Å²) in [5, 5.41) is 27.7. The summed E-state index contributed by atoms with van der Waals surface area (Å²) in [6, 6.07) is 20.3. The molecule has 2 fully saturated rings. The number of dihydropyridines is 1. The minimum Gasteiger partial charge on any atom is -0.504 e. The first-order chi connectivity index (χ1) is 27.8. The molecule has 3 aliphatic heterocycles. The molecule has 3 aromatic carbocycles. The van der Waals surface area contributed by atoms with E-state index in [0.717, 1.165) is 95.9 Å². The van der Waals surface area contributed by atoms with Gasteiger partial charge in [-0.25, -0.2) is 0 Å². The lowest BCUT2D eigenvalue weighted by Crippen LogP contribution is -2.62. The summed E-state index contributed by atoms with van der Waals surface area (Å²) in [4.78, 5) is 16.5. The number of likely N-dealkylation sites (tertiary alicyclic amines) is 1. The molecule has 57 heavy (non-hydrogen) atoms. The molecule has 0 radical (unpaired) electrons. The maximum absolute atomic E-state index is 14.3. The van der Waals surface area contributed by atoms with Crippen molar-refractivity contribution in [1.29, 1.82) is 0 Å². The van der Waals surface area contributed by atoms with Crippen molar-refractivity contribution in [3.05, 3.63) is 113 Å². The summed E-state index contributed by atoms with van der Waals surface area (Å²) in [7, 11) is 0. The van der Waals surface area contributed by atoms with Crippen LogP contribution in [0.3, 0.4) is 0 Å². The Balaban J connectivity index is 1.21. The van der Waals surface area contributed by atoms with Crippen molar-refractivity contribution in [2.45, 2.75) is 133 Å². The molecule has 1 spiro atoms. The fourth-order valence-corrected chi connectivity index (χ4v) is 9.65. The fourth-order valence-electron chi connectivity index (χ4n) is 9.65. The average molecular weight is 773 g/mol. The second-order valence-electron chi connectivity index (χ2n) is 16.9. The highest BCUT2D eigenvalue weighted by Gasteiger charge is 2.47. The van der Waals surface area contributed by atoms with Crippen molar-refractivity contribution < 1.29 is 24.5 Å². The Morgan fingerprint density at radius 3 is 2.63 bits per heavy atom. The topological polar surface area (TPSA) is 122 Å². The number of carbonyl (C=O) groups excluding carboxylic acids is 1. The van der Waals surface area contributed by atoms with Crippen LogP contribution in [0.4, 0.5) is 0 Å². The highest BCUT2D eigenvalue weighted by molar-refractivity contribution is 5.88. The average Bonchev–Trinajstić information content (AvgIpc) is 3.66. The number of nitrogens with one attached hydrogen (secondary N) is 1. The Hall–Kier alpha value is -4.57. The molecule has 1 saturated carbocycles. The number of phenolic OH excluding ortho intramolecular Hbond substituents is 1. The molecule has 1 saturated heterocycles. The number of aromatic nitrogens is 1. The number of phenols is 1. The third-order valence-corrected chi connectivity index (χ3v) is 13.0. The molecule has 8 rings (SSSR count). The first-order valence-electron chi connectivity index (χ1n) is 21.5. The van der Waals surface area contributed by atoms with Gasteiger partial charge in [-0.1, -0.05) is 94.0 Å². The lowest BCUT2D eigenvalue weighted by Gasteiger charge is -2.55. The normalized spacial score (nSPS) is 22.9. The molecule has 4 unspecified atom stereocenters. The predicted octanol–water partition coefficient (Wildman–Crippen LogP) is 8.66. The van der Waals surface area contributed by atoms with Crippen molar-refractivity contribution in [3.63, 3.8) is 0 Å². The van der Waals surface area contributed by atoms with Crippen LogP contribution in [0, 0.1) is 0 Å². The number of aliphatic hydroxyl groups is 1. The van der Waals surface area contributed by atoms with Crippen LogP contribution in [0.5, 0.6) is 11.5 Å². The van der Waals surface area contributed by atoms with Gasteiger partial charge in [0.05, 0.1) is 25.0 Å². The van der Waals surface area contributed by atoms with Crippen molar-refractivity contribution in [1.82, 2.24) is 14.8 Å². The smallest absolute Gasteiger partial charge is 0.223 e. The fraction of sp³-hybridized carbons (Fsp3) is 0.479. The lowest BCUT2D eigenvalue weighted by molar-refractivity contribution is -0.150. The van der Waals surface area contributed by atoms with Gasteiger partial charge in [-0.2, -0.15) is 0 Å². The van der Waals surface area contributed by atoms with Crippen molar-refractivity contribution in [2.24, 2.45) is 5.73 Å². The second-order valence-corrected chi connectivity index (χ2v) is 16.9. The zero-order chi connectivity index (χ0) is 39.4. The summed E-state index contributed by atoms with van der Waals surface area (Å²) < 4.78 is 15.2. The van der Waals surface area contributed by atoms with Crippen molar-refractivity contribution in [2.75, 3.05) is 13.2 Å². The third-order valence-electron chi connectivity index (χ3n) is 13.0. The standard InChI is InChI=1S/C48H60N4O5/c1-2-3-6-13-40-27-39(53)17-14-33-15-18-43(54)44(24-33)57-32-38-26-36(25-37-29-51(30-42(37)38)47-35(31-56-40)16-19-45(49)50-47)41(34-11-7-4-8-12-34)28-46(55)52-23-22-48(52)20-9-5-10-21-48/h4,7-8,11-12,15-16,18-19,24-26,29-30,39-41,45,50,53-54H,2-3,5-6,9-10,13-14,17,20-23,27-28,31-32,49H2,1H3. The molecule has 4 bridgehead atoms. The number of rotatable bonds is 8. The summed E-state index contributed by atoms with van der Waals surface area (Å²) in [6.07, 6.45) is 20.6. The Bertz CT molecular complexity index is 2080. The molecule has 5 N–H and O–H groups in total. The molecular formula is C48H60N4O5. The Morgan fingerprint density at radius 2 is 1.84 bits per heavy atom. The van der Waals surface area contributed by atoms with E-state index in [9.17, 15) is 15.0 Å². The van der Waals surface area contributed by atoms with Crippen LogP contribution in [-0.2, 0) is 22.6 Å². The van der Waals surface area contributed by atoms with E-state index >= 15 is 0 Å². The number of aliphatic hydroxyl groups excluding tert-OH is 1. The third kappa shape index (κ3) is 8.81. The molecule has 4 aliphatic rings. The summed E-state index contributed by atoms with van der Waals surface area (Å²) in [5.74, 6) is 1.39. The molecule has 1 amide bonds. The number of hydrogen-bond donors (Lipinski definition) is 4. The van der Waals surface area contributed by atoms with Gasteiger partial charge in [-0.3, -0.25) is 4.79 Å². The Morgan fingerprint density at radius 1 is 1.00 bits per heavy atom. The molecule has 9 nitrogen and oxygen atoms in total. The van der Waals surface area contributed by atoms with Gasteiger partial charge in [0.15, 0.2) is 11.5 Å². The van der Waals surface area contributed by atoms with E-state index in [4.69, 9.17) is 15.2 Å². The van der Waals surface area contributed by atoms with Gasteiger partial charge in [0, 0.05) is 53.2 Å². The van der Waals surface area contributed by atoms with E-state index in [-0.39, 0.29) is 42.0 Å². The summed E-state index contributed by atoms with van der Waals surface area (Å²) >= 11 is 0. The zero-order valence-corrected chi connectivity index (χ0v) is 33.5. The molecule has 9 heteroatoms. The molecular weight excluding hydrogens is 713 g/mol. The van der Waals surface area contributed by atoms with Crippen LogP contribution in [0.2, 0.25) is 0 Å². The number of aryl methyl sites for hydroxylation is 1. The van der Waals surface area contributed by atoms with Crippen LogP contribution in [0.25, 0.3) is 16.6 Å². The molecule has 302 valence electrons.